The second-order valence-electron chi connectivity index (χ2n) is 5.14. The van der Waals surface area contributed by atoms with Gasteiger partial charge in [-0.3, -0.25) is 14.5 Å². The lowest BCUT2D eigenvalue weighted by molar-refractivity contribution is -0.139. The van der Waals surface area contributed by atoms with Gasteiger partial charge in [-0.25, -0.2) is 0 Å². The number of carbonyl (C=O) groups is 2. The third-order valence-corrected chi connectivity index (χ3v) is 3.32. The molecule has 1 aromatic carbocycles. The molecule has 0 spiro atoms. The first-order valence-electron chi connectivity index (χ1n) is 7.04. The summed E-state index contributed by atoms with van der Waals surface area (Å²) in [4.78, 5) is 24.5. The number of ether oxygens (including phenoxy) is 1. The molecule has 6 nitrogen and oxygen atoms in total. The lowest BCUT2D eigenvalue weighted by atomic mass is 9.96. The quantitative estimate of drug-likeness (QED) is 0.795. The summed E-state index contributed by atoms with van der Waals surface area (Å²) in [7, 11) is 0. The first-order chi connectivity index (χ1) is 10.1. The third-order valence-electron chi connectivity index (χ3n) is 3.32. The summed E-state index contributed by atoms with van der Waals surface area (Å²) in [6.45, 7) is 4.02. The van der Waals surface area contributed by atoms with Gasteiger partial charge in [0.05, 0.1) is 25.3 Å². The van der Waals surface area contributed by atoms with Crippen LogP contribution >= 0.6 is 0 Å². The van der Waals surface area contributed by atoms with Gasteiger partial charge in [-0.15, -0.1) is 0 Å². The minimum absolute atomic E-state index is 0.115. The molecular formula is C15H20N2O4. The van der Waals surface area contributed by atoms with Crippen LogP contribution in [0.5, 0.6) is 5.75 Å². The number of nitrogens with one attached hydrogen (secondary N) is 1. The van der Waals surface area contributed by atoms with Crippen LogP contribution in [0.15, 0.2) is 24.3 Å². The van der Waals surface area contributed by atoms with Crippen LogP contribution < -0.4 is 10.1 Å². The summed E-state index contributed by atoms with van der Waals surface area (Å²) in [6, 6.07) is 7.30. The van der Waals surface area contributed by atoms with Crippen LogP contribution in [0.3, 0.4) is 0 Å². The second-order valence-corrected chi connectivity index (χ2v) is 5.14. The molecule has 114 valence electrons. The number of benzene rings is 1. The van der Waals surface area contributed by atoms with Crippen molar-refractivity contribution in [3.8, 4) is 5.75 Å². The van der Waals surface area contributed by atoms with E-state index in [1.807, 2.05) is 30.0 Å². The summed E-state index contributed by atoms with van der Waals surface area (Å²) >= 11 is 0. The van der Waals surface area contributed by atoms with Crippen molar-refractivity contribution in [2.24, 2.45) is 5.92 Å². The van der Waals surface area contributed by atoms with E-state index >= 15 is 0 Å². The van der Waals surface area contributed by atoms with Gasteiger partial charge in [0.25, 0.3) is 0 Å². The summed E-state index contributed by atoms with van der Waals surface area (Å²) in [5.74, 6) is -0.0857. The molecule has 0 aromatic heterocycles. The highest BCUT2D eigenvalue weighted by Crippen LogP contribution is 2.24. The molecule has 2 rings (SSSR count). The number of anilines is 1. The SMILES string of the molecule is CCOc1ccccc1NC(=O)CN1CC(CC(=O)O)C1. The maximum atomic E-state index is 12.0. The van der Waals surface area contributed by atoms with Gasteiger partial charge >= 0.3 is 5.97 Å². The largest absolute Gasteiger partial charge is 0.492 e. The monoisotopic (exact) mass is 292 g/mol. The number of likely N-dealkylation sites (tertiary alicyclic amines) is 1. The Labute approximate surface area is 123 Å². The molecule has 6 heteroatoms. The highest BCUT2D eigenvalue weighted by molar-refractivity contribution is 5.93. The second kappa shape index (κ2) is 7.08. The minimum atomic E-state index is -0.783. The third kappa shape index (κ3) is 4.46. The summed E-state index contributed by atoms with van der Waals surface area (Å²) in [5.41, 5.74) is 0.659. The molecule has 2 N–H and O–H groups in total. The number of nitrogens with zero attached hydrogens (tertiary/aromatic N) is 1. The van der Waals surface area contributed by atoms with Gasteiger partial charge in [-0.2, -0.15) is 0 Å². The number of carboxylic acids is 1. The number of hydrogen-bond acceptors (Lipinski definition) is 4. The van der Waals surface area contributed by atoms with Crippen LogP contribution in [0.2, 0.25) is 0 Å². The van der Waals surface area contributed by atoms with E-state index in [9.17, 15) is 9.59 Å². The Bertz CT molecular complexity index is 512. The van der Waals surface area contributed by atoms with E-state index < -0.39 is 5.97 Å². The highest BCUT2D eigenvalue weighted by atomic mass is 16.5. The highest BCUT2D eigenvalue weighted by Gasteiger charge is 2.29. The number of carboxylic acid groups (broad SMARTS) is 1. The Hall–Kier alpha value is -2.08. The van der Waals surface area contributed by atoms with Gasteiger partial charge in [-0.1, -0.05) is 12.1 Å². The Morgan fingerprint density at radius 1 is 1.38 bits per heavy atom. The average Bonchev–Trinajstić information content (AvgIpc) is 2.38. The maximum Gasteiger partial charge on any atom is 0.303 e. The fourth-order valence-electron chi connectivity index (χ4n) is 2.43. The molecular weight excluding hydrogens is 272 g/mol. The Balaban J connectivity index is 1.79. The van der Waals surface area contributed by atoms with Crippen molar-refractivity contribution in [1.29, 1.82) is 0 Å². The van der Waals surface area contributed by atoms with Gasteiger partial charge in [0.15, 0.2) is 0 Å². The lowest BCUT2D eigenvalue weighted by Gasteiger charge is -2.37. The van der Waals surface area contributed by atoms with Crippen molar-refractivity contribution in [1.82, 2.24) is 4.90 Å². The van der Waals surface area contributed by atoms with E-state index in [1.54, 1.807) is 6.07 Å². The van der Waals surface area contributed by atoms with Gasteiger partial charge < -0.3 is 15.2 Å². The van der Waals surface area contributed by atoms with Gasteiger partial charge in [-0.05, 0) is 25.0 Å². The van der Waals surface area contributed by atoms with Crippen molar-refractivity contribution < 1.29 is 19.4 Å². The molecule has 1 aliphatic heterocycles. The standard InChI is InChI=1S/C15H20N2O4/c1-2-21-13-6-4-3-5-12(13)16-14(18)10-17-8-11(9-17)7-15(19)20/h3-6,11H,2,7-10H2,1H3,(H,16,18)(H,19,20). The van der Waals surface area contributed by atoms with Crippen molar-refractivity contribution in [3.63, 3.8) is 0 Å². The lowest BCUT2D eigenvalue weighted by Crippen LogP contribution is -2.50. The fourth-order valence-corrected chi connectivity index (χ4v) is 2.43. The topological polar surface area (TPSA) is 78.9 Å². The number of hydrogen-bond donors (Lipinski definition) is 2. The molecule has 1 aliphatic rings. The van der Waals surface area contributed by atoms with Crippen LogP contribution in [0.25, 0.3) is 0 Å². The van der Waals surface area contributed by atoms with Crippen molar-refractivity contribution in [2.75, 3.05) is 31.6 Å². The Morgan fingerprint density at radius 2 is 2.10 bits per heavy atom. The molecule has 1 amide bonds. The molecule has 1 heterocycles. The van der Waals surface area contributed by atoms with E-state index in [-0.39, 0.29) is 24.8 Å². The molecule has 21 heavy (non-hydrogen) atoms. The van der Waals surface area contributed by atoms with Gasteiger partial charge in [0.2, 0.25) is 5.91 Å². The predicted molar refractivity (Wildman–Crippen MR) is 78.4 cm³/mol. The Morgan fingerprint density at radius 3 is 2.76 bits per heavy atom. The maximum absolute atomic E-state index is 12.0. The van der Waals surface area contributed by atoms with Crippen LogP contribution in [0.4, 0.5) is 5.69 Å². The molecule has 1 aromatic rings. The first kappa shape index (κ1) is 15.3. The summed E-state index contributed by atoms with van der Waals surface area (Å²) < 4.78 is 5.45. The minimum Gasteiger partial charge on any atom is -0.492 e. The number of rotatable bonds is 7. The van der Waals surface area contributed by atoms with E-state index in [0.29, 0.717) is 31.1 Å². The molecule has 0 saturated carbocycles. The van der Waals surface area contributed by atoms with Crippen molar-refractivity contribution >= 4 is 17.6 Å². The zero-order valence-electron chi connectivity index (χ0n) is 12.0. The summed E-state index contributed by atoms with van der Waals surface area (Å²) in [6.07, 6.45) is 0.172. The van der Waals surface area contributed by atoms with E-state index in [2.05, 4.69) is 5.32 Å². The number of carbonyl (C=O) groups excluding carboxylic acids is 1. The zero-order chi connectivity index (χ0) is 15.2. The van der Waals surface area contributed by atoms with Gasteiger partial charge in [0, 0.05) is 13.1 Å². The molecule has 0 radical (unpaired) electrons. The molecule has 1 saturated heterocycles. The van der Waals surface area contributed by atoms with Crippen LogP contribution in [-0.4, -0.2) is 48.1 Å². The van der Waals surface area contributed by atoms with Crippen molar-refractivity contribution in [2.45, 2.75) is 13.3 Å². The average molecular weight is 292 g/mol. The summed E-state index contributed by atoms with van der Waals surface area (Å²) in [5, 5.41) is 11.5. The van der Waals surface area contributed by atoms with Crippen molar-refractivity contribution in [3.05, 3.63) is 24.3 Å². The molecule has 1 fully saturated rings. The normalized spacial score (nSPS) is 15.3. The fraction of sp³-hybridized carbons (Fsp3) is 0.467. The number of para-hydroxylation sites is 2. The van der Waals surface area contributed by atoms with Crippen LogP contribution in [-0.2, 0) is 9.59 Å². The first-order valence-corrected chi connectivity index (χ1v) is 7.04. The molecule has 0 atom stereocenters. The molecule has 0 aliphatic carbocycles. The van der Waals surface area contributed by atoms with E-state index in [1.165, 1.54) is 0 Å². The Kier molecular flexibility index (Phi) is 5.16. The van der Waals surface area contributed by atoms with Crippen LogP contribution in [0, 0.1) is 5.92 Å². The zero-order valence-corrected chi connectivity index (χ0v) is 12.0. The van der Waals surface area contributed by atoms with Gasteiger partial charge in [0.1, 0.15) is 5.75 Å². The molecule has 0 bridgehead atoms. The molecule has 0 unspecified atom stereocenters. The number of aliphatic carboxylic acids is 1. The van der Waals surface area contributed by atoms with E-state index in [4.69, 9.17) is 9.84 Å². The smallest absolute Gasteiger partial charge is 0.303 e. The van der Waals surface area contributed by atoms with Crippen LogP contribution in [0.1, 0.15) is 13.3 Å². The van der Waals surface area contributed by atoms with E-state index in [0.717, 1.165) is 0 Å². The number of amides is 1. The predicted octanol–water partition coefficient (Wildman–Crippen LogP) is 1.43.